The van der Waals surface area contributed by atoms with E-state index in [1.54, 1.807) is 71.0 Å². The lowest BCUT2D eigenvalue weighted by Gasteiger charge is -2.41. The third kappa shape index (κ3) is 7.64. The van der Waals surface area contributed by atoms with Crippen LogP contribution in [-0.2, 0) is 57.1 Å². The van der Waals surface area contributed by atoms with E-state index in [1.165, 1.54) is 36.4 Å². The van der Waals surface area contributed by atoms with Gasteiger partial charge in [-0.05, 0) is 71.0 Å². The van der Waals surface area contributed by atoms with E-state index in [1.807, 2.05) is 0 Å². The summed E-state index contributed by atoms with van der Waals surface area (Å²) in [5.41, 5.74) is 2.41. The van der Waals surface area contributed by atoms with Crippen molar-refractivity contribution in [2.75, 3.05) is 6.61 Å². The molecule has 12 nitrogen and oxygen atoms in total. The van der Waals surface area contributed by atoms with E-state index in [-0.39, 0.29) is 14.7 Å². The van der Waals surface area contributed by atoms with Crippen LogP contribution in [0.25, 0.3) is 0 Å². The molecule has 0 aromatic heterocycles. The Kier molecular flexibility index (Phi) is 9.32. The molecule has 3 aromatic rings. The summed E-state index contributed by atoms with van der Waals surface area (Å²) in [7, 11) is -13.5. The molecule has 0 radical (unpaired) electrons. The fourth-order valence-electron chi connectivity index (χ4n) is 4.84. The number of hydrogen-bond donors (Lipinski definition) is 0. The maximum atomic E-state index is 13.5. The molecule has 0 aliphatic carbocycles. The quantitative estimate of drug-likeness (QED) is 0.286. The molecule has 2 aliphatic heterocycles. The second kappa shape index (κ2) is 12.5. The fraction of sp³-hybridized carbons (Fsp3) is 0.400. The Balaban J connectivity index is 1.54. The molecule has 0 amide bonds. The van der Waals surface area contributed by atoms with Crippen molar-refractivity contribution in [2.45, 2.75) is 85.8 Å². The van der Waals surface area contributed by atoms with Crippen LogP contribution in [0.5, 0.6) is 0 Å². The third-order valence-electron chi connectivity index (χ3n) is 7.20. The molecular weight excluding hydrogens is 649 g/mol. The van der Waals surface area contributed by atoms with Crippen LogP contribution in [0.15, 0.2) is 87.5 Å². The molecule has 0 N–H and O–H groups in total. The molecule has 0 unspecified atom stereocenters. The van der Waals surface area contributed by atoms with Gasteiger partial charge in [0.15, 0.2) is 12.1 Å². The molecule has 244 valence electrons. The molecule has 15 heteroatoms. The number of benzene rings is 3. The first-order chi connectivity index (χ1) is 21.0. The summed E-state index contributed by atoms with van der Waals surface area (Å²) in [6, 6.07) is 17.5. The van der Waals surface area contributed by atoms with Crippen molar-refractivity contribution in [3.63, 3.8) is 0 Å². The molecule has 2 fully saturated rings. The summed E-state index contributed by atoms with van der Waals surface area (Å²) < 4.78 is 115. The maximum Gasteiger partial charge on any atom is 0.297 e. The standard InChI is InChI=1S/C30H34O12S3/c1-19-6-12-22(13-7-19)43(31,32)37-18-25-26(41-44(33,34)23-14-8-20(2)9-15-23)27(28-29(38-25)40-30(4,5)39-28)42-45(35,36)24-16-10-21(3)11-17-24/h6-17,25-29H,18H2,1-5H3/t25-,26-,27+,28-,29-/m1/s1. The Hall–Kier alpha value is -2.73. The average molecular weight is 683 g/mol. The Morgan fingerprint density at radius 2 is 1.00 bits per heavy atom. The van der Waals surface area contributed by atoms with E-state index in [4.69, 9.17) is 26.8 Å². The van der Waals surface area contributed by atoms with Crippen LogP contribution in [0.2, 0.25) is 0 Å². The van der Waals surface area contributed by atoms with E-state index in [9.17, 15) is 25.3 Å². The van der Waals surface area contributed by atoms with E-state index in [2.05, 4.69) is 0 Å². The Labute approximate surface area is 263 Å². The van der Waals surface area contributed by atoms with Crippen molar-refractivity contribution in [3.05, 3.63) is 89.5 Å². The van der Waals surface area contributed by atoms with Gasteiger partial charge < -0.3 is 14.2 Å². The van der Waals surface area contributed by atoms with Crippen molar-refractivity contribution >= 4 is 30.4 Å². The number of hydrogen-bond acceptors (Lipinski definition) is 12. The van der Waals surface area contributed by atoms with Gasteiger partial charge in [-0.15, -0.1) is 0 Å². The zero-order chi connectivity index (χ0) is 32.8. The van der Waals surface area contributed by atoms with E-state index in [0.29, 0.717) is 0 Å². The Morgan fingerprint density at radius 3 is 1.44 bits per heavy atom. The lowest BCUT2D eigenvalue weighted by Crippen LogP contribution is -2.60. The van der Waals surface area contributed by atoms with Crippen molar-refractivity contribution in [1.29, 1.82) is 0 Å². The van der Waals surface area contributed by atoms with Crippen LogP contribution in [0.4, 0.5) is 0 Å². The second-order valence-corrected chi connectivity index (χ2v) is 16.1. The zero-order valence-electron chi connectivity index (χ0n) is 25.1. The van der Waals surface area contributed by atoms with Crippen molar-refractivity contribution in [1.82, 2.24) is 0 Å². The lowest BCUT2D eigenvalue weighted by molar-refractivity contribution is -0.245. The van der Waals surface area contributed by atoms with E-state index < -0.39 is 73.5 Å². The minimum absolute atomic E-state index is 0.150. The third-order valence-corrected chi connectivity index (χ3v) is 11.1. The average Bonchev–Trinajstić information content (AvgIpc) is 3.27. The summed E-state index contributed by atoms with van der Waals surface area (Å²) in [6.07, 6.45) is -7.59. The molecule has 0 bridgehead atoms. The highest BCUT2D eigenvalue weighted by atomic mass is 32.2. The van der Waals surface area contributed by atoms with Crippen LogP contribution in [0, 0.1) is 20.8 Å². The molecular formula is C30H34O12S3. The van der Waals surface area contributed by atoms with Crippen molar-refractivity contribution < 1.29 is 52.0 Å². The smallest absolute Gasteiger partial charge is 0.297 e. The highest BCUT2D eigenvalue weighted by Gasteiger charge is 2.58. The van der Waals surface area contributed by atoms with E-state index >= 15 is 0 Å². The maximum absolute atomic E-state index is 13.5. The first kappa shape index (κ1) is 33.6. The fourth-order valence-corrected chi connectivity index (χ4v) is 7.95. The largest absolute Gasteiger partial charge is 0.341 e. The number of ether oxygens (including phenoxy) is 3. The molecule has 0 saturated carbocycles. The van der Waals surface area contributed by atoms with Gasteiger partial charge in [-0.25, -0.2) is 0 Å². The minimum Gasteiger partial charge on any atom is -0.341 e. The summed E-state index contributed by atoms with van der Waals surface area (Å²) in [5, 5.41) is 0. The van der Waals surface area contributed by atoms with Gasteiger partial charge in [0.1, 0.15) is 24.4 Å². The summed E-state index contributed by atoms with van der Waals surface area (Å²) in [6.45, 7) is 7.66. The topological polar surface area (TPSA) is 158 Å². The molecule has 5 rings (SSSR count). The lowest BCUT2D eigenvalue weighted by atomic mass is 9.99. The van der Waals surface area contributed by atoms with Crippen molar-refractivity contribution in [2.24, 2.45) is 0 Å². The van der Waals surface area contributed by atoms with Gasteiger partial charge in [0.05, 0.1) is 21.3 Å². The highest BCUT2D eigenvalue weighted by Crippen LogP contribution is 2.40. The van der Waals surface area contributed by atoms with Gasteiger partial charge >= 0.3 is 0 Å². The molecule has 2 saturated heterocycles. The Bertz CT molecular complexity index is 1840. The molecule has 2 heterocycles. The second-order valence-electron chi connectivity index (χ2n) is 11.4. The van der Waals surface area contributed by atoms with Crippen LogP contribution in [-0.4, -0.2) is 68.4 Å². The van der Waals surface area contributed by atoms with Crippen LogP contribution in [0.3, 0.4) is 0 Å². The first-order valence-corrected chi connectivity index (χ1v) is 18.2. The summed E-state index contributed by atoms with van der Waals surface area (Å²) in [4.78, 5) is -0.585. The molecule has 45 heavy (non-hydrogen) atoms. The Morgan fingerprint density at radius 1 is 0.600 bits per heavy atom. The van der Waals surface area contributed by atoms with Crippen molar-refractivity contribution in [3.8, 4) is 0 Å². The van der Waals surface area contributed by atoms with Gasteiger partial charge in [0.25, 0.3) is 30.4 Å². The molecule has 3 aromatic carbocycles. The number of aryl methyl sites for hydroxylation is 3. The molecule has 0 spiro atoms. The SMILES string of the molecule is Cc1ccc(S(=O)(=O)OC[C@H]2O[C@@H]3OC(C)(C)O[C@@H]3[C@@H](OS(=O)(=O)c3ccc(C)cc3)[C@@H]2OS(=O)(=O)c2ccc(C)cc2)cc1. The normalized spacial score (nSPS) is 25.1. The molecule has 2 aliphatic rings. The van der Waals surface area contributed by atoms with Gasteiger partial charge in [-0.2, -0.15) is 25.3 Å². The highest BCUT2D eigenvalue weighted by molar-refractivity contribution is 7.87. The number of fused-ring (bicyclic) bond motifs is 1. The molecule has 5 atom stereocenters. The first-order valence-electron chi connectivity index (χ1n) is 13.9. The predicted molar refractivity (Wildman–Crippen MR) is 159 cm³/mol. The van der Waals surface area contributed by atoms with Gasteiger partial charge in [0, 0.05) is 0 Å². The number of rotatable bonds is 10. The predicted octanol–water partition coefficient (Wildman–Crippen LogP) is 3.74. The zero-order valence-corrected chi connectivity index (χ0v) is 27.6. The van der Waals surface area contributed by atoms with Crippen LogP contribution < -0.4 is 0 Å². The van der Waals surface area contributed by atoms with Gasteiger partial charge in [-0.1, -0.05) is 53.1 Å². The summed E-state index contributed by atoms with van der Waals surface area (Å²) >= 11 is 0. The minimum atomic E-state index is -4.59. The van der Waals surface area contributed by atoms with Crippen LogP contribution >= 0.6 is 0 Å². The van der Waals surface area contributed by atoms with E-state index in [0.717, 1.165) is 16.7 Å². The van der Waals surface area contributed by atoms with Crippen LogP contribution in [0.1, 0.15) is 30.5 Å². The summed E-state index contributed by atoms with van der Waals surface area (Å²) in [5.74, 6) is -1.31. The monoisotopic (exact) mass is 682 g/mol. The van der Waals surface area contributed by atoms with Gasteiger partial charge in [-0.3, -0.25) is 12.5 Å². The van der Waals surface area contributed by atoms with Gasteiger partial charge in [0.2, 0.25) is 0 Å².